The Bertz CT molecular complexity index is 815. The molecule has 0 saturated heterocycles. The number of nitrogens with one attached hydrogen (secondary N) is 1. The molecule has 1 heterocycles. The average Bonchev–Trinajstić information content (AvgIpc) is 3.03. The second-order valence-electron chi connectivity index (χ2n) is 6.59. The van der Waals surface area contributed by atoms with Crippen LogP contribution in [0.5, 0.6) is 0 Å². The van der Waals surface area contributed by atoms with Gasteiger partial charge in [-0.1, -0.05) is 42.5 Å². The SMILES string of the molecule is CN(C(=O)C1CC(=O)Nc2ccccc21)C1CCc2ccccc21. The summed E-state index contributed by atoms with van der Waals surface area (Å²) >= 11 is 0. The molecule has 0 radical (unpaired) electrons. The number of rotatable bonds is 2. The molecule has 0 spiro atoms. The van der Waals surface area contributed by atoms with Crippen LogP contribution in [0.2, 0.25) is 0 Å². The number of para-hydroxylation sites is 1. The Morgan fingerprint density at radius 2 is 1.79 bits per heavy atom. The van der Waals surface area contributed by atoms with Crippen molar-refractivity contribution in [2.24, 2.45) is 0 Å². The van der Waals surface area contributed by atoms with Crippen LogP contribution in [-0.2, 0) is 16.0 Å². The van der Waals surface area contributed by atoms with Crippen LogP contribution in [-0.4, -0.2) is 23.8 Å². The third-order valence-corrected chi connectivity index (χ3v) is 5.21. The highest BCUT2D eigenvalue weighted by molar-refractivity contribution is 6.01. The number of carbonyl (C=O) groups is 2. The van der Waals surface area contributed by atoms with Crippen LogP contribution in [0.25, 0.3) is 0 Å². The molecule has 1 aliphatic carbocycles. The summed E-state index contributed by atoms with van der Waals surface area (Å²) in [6, 6.07) is 16.0. The first-order valence-electron chi connectivity index (χ1n) is 8.38. The van der Waals surface area contributed by atoms with E-state index in [1.54, 1.807) is 0 Å². The highest BCUT2D eigenvalue weighted by Crippen LogP contribution is 2.39. The standard InChI is InChI=1S/C20H20N2O2/c1-22(18-11-10-13-6-2-3-7-14(13)18)20(24)16-12-19(23)21-17-9-5-4-8-15(16)17/h2-9,16,18H,10-12H2,1H3,(H,21,23). The first-order valence-corrected chi connectivity index (χ1v) is 8.38. The minimum absolute atomic E-state index is 0.0269. The summed E-state index contributed by atoms with van der Waals surface area (Å²) in [5.74, 6) is -0.459. The van der Waals surface area contributed by atoms with E-state index in [-0.39, 0.29) is 24.3 Å². The molecule has 4 heteroatoms. The van der Waals surface area contributed by atoms with Crippen molar-refractivity contribution in [3.8, 4) is 0 Å². The molecule has 2 aliphatic rings. The third-order valence-electron chi connectivity index (χ3n) is 5.21. The molecule has 0 bridgehead atoms. The molecule has 0 aromatic heterocycles. The molecule has 1 N–H and O–H groups in total. The summed E-state index contributed by atoms with van der Waals surface area (Å²) < 4.78 is 0. The predicted molar refractivity (Wildman–Crippen MR) is 92.7 cm³/mol. The molecule has 24 heavy (non-hydrogen) atoms. The van der Waals surface area contributed by atoms with Crippen molar-refractivity contribution in [1.82, 2.24) is 4.90 Å². The Hall–Kier alpha value is -2.62. The van der Waals surface area contributed by atoms with Crippen LogP contribution in [0.3, 0.4) is 0 Å². The zero-order valence-electron chi connectivity index (χ0n) is 13.7. The van der Waals surface area contributed by atoms with Crippen LogP contribution in [0, 0.1) is 0 Å². The zero-order chi connectivity index (χ0) is 16.7. The maximum atomic E-state index is 13.1. The molecule has 122 valence electrons. The molecule has 4 nitrogen and oxygen atoms in total. The lowest BCUT2D eigenvalue weighted by Crippen LogP contribution is -2.38. The molecule has 2 aromatic rings. The van der Waals surface area contributed by atoms with Gasteiger partial charge in [0.05, 0.1) is 12.0 Å². The zero-order valence-corrected chi connectivity index (χ0v) is 13.7. The monoisotopic (exact) mass is 320 g/mol. The molecule has 2 aromatic carbocycles. The normalized spacial score (nSPS) is 21.6. The Balaban J connectivity index is 1.64. The largest absolute Gasteiger partial charge is 0.338 e. The van der Waals surface area contributed by atoms with Crippen molar-refractivity contribution in [1.29, 1.82) is 0 Å². The van der Waals surface area contributed by atoms with Crippen molar-refractivity contribution in [3.05, 3.63) is 65.2 Å². The quantitative estimate of drug-likeness (QED) is 0.923. The van der Waals surface area contributed by atoms with E-state index in [0.717, 1.165) is 24.1 Å². The van der Waals surface area contributed by atoms with E-state index in [4.69, 9.17) is 0 Å². The Kier molecular flexibility index (Phi) is 3.60. The topological polar surface area (TPSA) is 49.4 Å². The van der Waals surface area contributed by atoms with Gasteiger partial charge < -0.3 is 10.2 Å². The summed E-state index contributed by atoms with van der Waals surface area (Å²) in [5.41, 5.74) is 4.23. The van der Waals surface area contributed by atoms with E-state index >= 15 is 0 Å². The first-order chi connectivity index (χ1) is 11.6. The smallest absolute Gasteiger partial charge is 0.230 e. The molecular weight excluding hydrogens is 300 g/mol. The summed E-state index contributed by atoms with van der Waals surface area (Å²) in [4.78, 5) is 27.0. The number of amides is 2. The predicted octanol–water partition coefficient (Wildman–Crippen LogP) is 3.26. The number of fused-ring (bicyclic) bond motifs is 2. The van der Waals surface area contributed by atoms with Crippen LogP contribution in [0.4, 0.5) is 5.69 Å². The number of hydrogen-bond acceptors (Lipinski definition) is 2. The second kappa shape index (κ2) is 5.78. The lowest BCUT2D eigenvalue weighted by atomic mass is 9.89. The number of hydrogen-bond donors (Lipinski definition) is 1. The maximum absolute atomic E-state index is 13.1. The molecule has 0 saturated carbocycles. The van der Waals surface area contributed by atoms with Gasteiger partial charge in [0, 0.05) is 19.2 Å². The van der Waals surface area contributed by atoms with E-state index in [1.807, 2.05) is 48.3 Å². The molecule has 4 rings (SSSR count). The van der Waals surface area contributed by atoms with Gasteiger partial charge in [-0.3, -0.25) is 9.59 Å². The van der Waals surface area contributed by atoms with Crippen molar-refractivity contribution in [3.63, 3.8) is 0 Å². The summed E-state index contributed by atoms with van der Waals surface area (Å²) in [6.45, 7) is 0. The number of nitrogens with zero attached hydrogens (tertiary/aromatic N) is 1. The lowest BCUT2D eigenvalue weighted by Gasteiger charge is -2.32. The maximum Gasteiger partial charge on any atom is 0.230 e. The van der Waals surface area contributed by atoms with Crippen molar-refractivity contribution in [2.75, 3.05) is 12.4 Å². The minimum atomic E-state index is -0.396. The van der Waals surface area contributed by atoms with Gasteiger partial charge in [-0.2, -0.15) is 0 Å². The highest BCUT2D eigenvalue weighted by atomic mass is 16.2. The van der Waals surface area contributed by atoms with E-state index in [9.17, 15) is 9.59 Å². The van der Waals surface area contributed by atoms with Gasteiger partial charge in [-0.15, -0.1) is 0 Å². The first kappa shape index (κ1) is 14.9. The van der Waals surface area contributed by atoms with E-state index in [2.05, 4.69) is 17.4 Å². The van der Waals surface area contributed by atoms with E-state index in [1.165, 1.54) is 11.1 Å². The number of anilines is 1. The lowest BCUT2D eigenvalue weighted by molar-refractivity contribution is -0.135. The fourth-order valence-corrected chi connectivity index (χ4v) is 3.97. The molecule has 0 fully saturated rings. The van der Waals surface area contributed by atoms with E-state index in [0.29, 0.717) is 0 Å². The molecule has 2 unspecified atom stereocenters. The molecular formula is C20H20N2O2. The van der Waals surface area contributed by atoms with E-state index < -0.39 is 5.92 Å². The molecule has 1 aliphatic heterocycles. The Labute approximate surface area is 141 Å². The fourth-order valence-electron chi connectivity index (χ4n) is 3.97. The van der Waals surface area contributed by atoms with Crippen LogP contribution in [0.1, 0.15) is 41.5 Å². The fraction of sp³-hybridized carbons (Fsp3) is 0.300. The second-order valence-corrected chi connectivity index (χ2v) is 6.59. The van der Waals surface area contributed by atoms with Gasteiger partial charge in [-0.25, -0.2) is 0 Å². The number of aryl methyl sites for hydroxylation is 1. The average molecular weight is 320 g/mol. The van der Waals surface area contributed by atoms with Gasteiger partial charge in [0.25, 0.3) is 0 Å². The third kappa shape index (κ3) is 2.39. The van der Waals surface area contributed by atoms with Gasteiger partial charge in [0.15, 0.2) is 0 Å². The highest BCUT2D eigenvalue weighted by Gasteiger charge is 2.36. The van der Waals surface area contributed by atoms with Crippen LogP contribution in [0.15, 0.2) is 48.5 Å². The molecule has 2 atom stereocenters. The minimum Gasteiger partial charge on any atom is -0.338 e. The Morgan fingerprint density at radius 3 is 2.62 bits per heavy atom. The van der Waals surface area contributed by atoms with Crippen molar-refractivity contribution < 1.29 is 9.59 Å². The van der Waals surface area contributed by atoms with Crippen LogP contribution >= 0.6 is 0 Å². The Morgan fingerprint density at radius 1 is 1.08 bits per heavy atom. The number of carbonyl (C=O) groups excluding carboxylic acids is 2. The van der Waals surface area contributed by atoms with Crippen LogP contribution < -0.4 is 5.32 Å². The summed E-state index contributed by atoms with van der Waals surface area (Å²) in [6.07, 6.45) is 2.16. The summed E-state index contributed by atoms with van der Waals surface area (Å²) in [5, 5.41) is 2.86. The van der Waals surface area contributed by atoms with Gasteiger partial charge in [0.1, 0.15) is 0 Å². The van der Waals surface area contributed by atoms with Gasteiger partial charge in [0.2, 0.25) is 11.8 Å². The summed E-state index contributed by atoms with van der Waals surface area (Å²) in [7, 11) is 1.87. The van der Waals surface area contributed by atoms with Crippen molar-refractivity contribution in [2.45, 2.75) is 31.2 Å². The molecule has 2 amide bonds. The van der Waals surface area contributed by atoms with Gasteiger partial charge >= 0.3 is 0 Å². The van der Waals surface area contributed by atoms with Gasteiger partial charge in [-0.05, 0) is 35.6 Å². The van der Waals surface area contributed by atoms with Crippen molar-refractivity contribution >= 4 is 17.5 Å². The number of benzene rings is 2. The number of likely N-dealkylation sites (N-methyl/N-ethyl adjacent to an activating group) is 1.